The van der Waals surface area contributed by atoms with E-state index in [-0.39, 0.29) is 53.8 Å². The van der Waals surface area contributed by atoms with Crippen molar-refractivity contribution in [2.45, 2.75) is 57.0 Å². The number of aliphatic hydroxyl groups excluding tert-OH is 2. The Bertz CT molecular complexity index is 1420. The van der Waals surface area contributed by atoms with Gasteiger partial charge < -0.3 is 26.2 Å². The summed E-state index contributed by atoms with van der Waals surface area (Å²) in [6.07, 6.45) is -0.280. The third kappa shape index (κ3) is 3.44. The molecule has 1 aromatic carbocycles. The number of aliphatic hydroxyl groups is 3. The quantitative estimate of drug-likeness (QED) is 0.350. The summed E-state index contributed by atoms with van der Waals surface area (Å²) in [4.78, 5) is 42.3. The molecule has 5 rings (SSSR count). The van der Waals surface area contributed by atoms with Gasteiger partial charge >= 0.3 is 0 Å². The molecule has 4 aliphatic rings. The summed E-state index contributed by atoms with van der Waals surface area (Å²) in [5.41, 5.74) is 0.201. The Morgan fingerprint density at radius 1 is 1.15 bits per heavy atom. The van der Waals surface area contributed by atoms with Crippen LogP contribution < -0.4 is 5.73 Å². The SMILES string of the molecule is CN(C)[C@@H]1C(O)=C(C(N)=O)C(=O)[C@@]2(O)C(O)=C3C(=O)c4c(O)c5c(c(F)c4C[C@H]3C[C@@H]12)CN(C(C)(C)CF)C5. The van der Waals surface area contributed by atoms with Crippen molar-refractivity contribution in [2.75, 3.05) is 20.8 Å². The van der Waals surface area contributed by atoms with E-state index >= 15 is 4.39 Å². The molecule has 12 heteroatoms. The number of amides is 1. The van der Waals surface area contributed by atoms with E-state index in [2.05, 4.69) is 0 Å². The van der Waals surface area contributed by atoms with Gasteiger partial charge in [-0.15, -0.1) is 0 Å². The molecule has 39 heavy (non-hydrogen) atoms. The van der Waals surface area contributed by atoms with Crippen molar-refractivity contribution in [3.63, 3.8) is 0 Å². The number of halogens is 2. The zero-order chi connectivity index (χ0) is 28.9. The summed E-state index contributed by atoms with van der Waals surface area (Å²) < 4.78 is 29.6. The van der Waals surface area contributed by atoms with Gasteiger partial charge in [-0.05, 0) is 46.7 Å². The van der Waals surface area contributed by atoms with Crippen molar-refractivity contribution in [1.82, 2.24) is 9.80 Å². The maximum Gasteiger partial charge on any atom is 0.255 e. The van der Waals surface area contributed by atoms with Crippen LogP contribution in [0.3, 0.4) is 0 Å². The first kappa shape index (κ1) is 27.2. The van der Waals surface area contributed by atoms with Gasteiger partial charge in [0.1, 0.15) is 35.3 Å². The number of phenols is 1. The average Bonchev–Trinajstić information content (AvgIpc) is 3.31. The van der Waals surface area contributed by atoms with E-state index in [1.807, 2.05) is 0 Å². The second-order valence-corrected chi connectivity index (χ2v) is 11.7. The molecule has 0 aromatic heterocycles. The average molecular weight is 548 g/mol. The van der Waals surface area contributed by atoms with Crippen LogP contribution in [0.25, 0.3) is 0 Å². The fraction of sp³-hybridized carbons (Fsp3) is 0.519. The molecule has 1 aromatic rings. The maximum atomic E-state index is 15.9. The van der Waals surface area contributed by atoms with Gasteiger partial charge in [-0.1, -0.05) is 0 Å². The number of carbonyl (C=O) groups is 3. The van der Waals surface area contributed by atoms with E-state index in [0.717, 1.165) is 0 Å². The molecule has 0 saturated carbocycles. The first-order valence-electron chi connectivity index (χ1n) is 12.6. The third-order valence-electron chi connectivity index (χ3n) is 8.91. The van der Waals surface area contributed by atoms with Crippen molar-refractivity contribution in [3.05, 3.63) is 50.7 Å². The van der Waals surface area contributed by atoms with Crippen LogP contribution in [0.4, 0.5) is 8.78 Å². The van der Waals surface area contributed by atoms with Crippen molar-refractivity contribution in [3.8, 4) is 5.75 Å². The summed E-state index contributed by atoms with van der Waals surface area (Å²) >= 11 is 0. The fourth-order valence-electron chi connectivity index (χ4n) is 6.73. The number of likely N-dealkylation sites (N-methyl/N-ethyl adjacent to an activating group) is 1. The number of Topliss-reactive ketones (excluding diaryl/α,β-unsaturated/α-hetero) is 2. The molecule has 0 unspecified atom stereocenters. The molecule has 1 amide bonds. The van der Waals surface area contributed by atoms with Crippen LogP contribution in [-0.4, -0.2) is 85.7 Å². The van der Waals surface area contributed by atoms with E-state index in [0.29, 0.717) is 0 Å². The summed E-state index contributed by atoms with van der Waals surface area (Å²) in [6.45, 7) is 2.58. The number of benzene rings is 1. The number of primary amides is 1. The molecule has 6 N–H and O–H groups in total. The first-order valence-corrected chi connectivity index (χ1v) is 12.6. The van der Waals surface area contributed by atoms with Gasteiger partial charge in [0.15, 0.2) is 11.4 Å². The zero-order valence-electron chi connectivity index (χ0n) is 22.0. The van der Waals surface area contributed by atoms with Gasteiger partial charge in [-0.25, -0.2) is 8.78 Å². The molecule has 1 heterocycles. The van der Waals surface area contributed by atoms with E-state index in [9.17, 15) is 39.2 Å². The molecule has 0 bridgehead atoms. The fourth-order valence-corrected chi connectivity index (χ4v) is 6.73. The van der Waals surface area contributed by atoms with Crippen LogP contribution in [0.15, 0.2) is 22.7 Å². The molecular weight excluding hydrogens is 516 g/mol. The second kappa shape index (κ2) is 8.57. The predicted molar refractivity (Wildman–Crippen MR) is 133 cm³/mol. The molecule has 10 nitrogen and oxygen atoms in total. The Hall–Kier alpha value is -3.35. The van der Waals surface area contributed by atoms with Gasteiger partial charge in [0, 0.05) is 46.8 Å². The number of allylic oxidation sites excluding steroid dienone is 1. The number of hydrogen-bond donors (Lipinski definition) is 5. The lowest BCUT2D eigenvalue weighted by molar-refractivity contribution is -0.148. The topological polar surface area (TPSA) is 165 Å². The normalized spacial score (nSPS) is 29.0. The van der Waals surface area contributed by atoms with Crippen LogP contribution >= 0.6 is 0 Å². The predicted octanol–water partition coefficient (Wildman–Crippen LogP) is 1.32. The van der Waals surface area contributed by atoms with Gasteiger partial charge in [-0.2, -0.15) is 0 Å². The van der Waals surface area contributed by atoms with E-state index in [1.54, 1.807) is 18.7 Å². The van der Waals surface area contributed by atoms with Crippen molar-refractivity contribution < 1.29 is 43.6 Å². The Balaban J connectivity index is 1.68. The summed E-state index contributed by atoms with van der Waals surface area (Å²) in [7, 11) is 3.05. The smallest absolute Gasteiger partial charge is 0.255 e. The largest absolute Gasteiger partial charge is 0.510 e. The minimum absolute atomic E-state index is 0.00885. The van der Waals surface area contributed by atoms with Gasteiger partial charge in [-0.3, -0.25) is 24.2 Å². The number of fused-ring (bicyclic) bond motifs is 4. The van der Waals surface area contributed by atoms with Gasteiger partial charge in [0.2, 0.25) is 5.78 Å². The number of aromatic hydroxyl groups is 1. The zero-order valence-corrected chi connectivity index (χ0v) is 22.0. The minimum atomic E-state index is -2.77. The highest BCUT2D eigenvalue weighted by Gasteiger charge is 2.63. The highest BCUT2D eigenvalue weighted by atomic mass is 19.1. The standard InChI is InChI=1S/C27H31F2N3O7/c1-26(2,9-28)32-7-12-13(8-32)20(33)16-11(18(12)29)5-10-6-14-19(31(3)4)22(35)17(25(30)38)24(37)27(14,39)23(36)15(10)21(16)34/h10,14,19,33,35-36,39H,5-9H2,1-4H3,(H2,30,38)/t10-,14-,19-,27-/m0/s1. The number of carbonyl (C=O) groups excluding carboxylic acids is 3. The number of nitrogens with two attached hydrogens (primary N) is 1. The molecule has 0 spiro atoms. The Morgan fingerprint density at radius 3 is 2.33 bits per heavy atom. The summed E-state index contributed by atoms with van der Waals surface area (Å²) in [5, 5.41) is 44.9. The van der Waals surface area contributed by atoms with Gasteiger partial charge in [0.05, 0.1) is 11.6 Å². The third-order valence-corrected chi connectivity index (χ3v) is 8.91. The molecule has 1 aliphatic heterocycles. The van der Waals surface area contributed by atoms with Crippen LogP contribution in [0.5, 0.6) is 5.75 Å². The molecule has 0 radical (unpaired) electrons. The number of alkyl halides is 1. The molecule has 3 aliphatic carbocycles. The molecule has 0 fully saturated rings. The van der Waals surface area contributed by atoms with Crippen molar-refractivity contribution >= 4 is 17.5 Å². The van der Waals surface area contributed by atoms with E-state index in [1.165, 1.54) is 19.0 Å². The number of ketones is 2. The molecule has 0 saturated heterocycles. The summed E-state index contributed by atoms with van der Waals surface area (Å²) in [6, 6.07) is -1.13. The highest BCUT2D eigenvalue weighted by Crippen LogP contribution is 2.53. The highest BCUT2D eigenvalue weighted by molar-refractivity contribution is 6.24. The van der Waals surface area contributed by atoms with Crippen LogP contribution in [0.2, 0.25) is 0 Å². The molecule has 4 atom stereocenters. The summed E-state index contributed by atoms with van der Waals surface area (Å²) in [5.74, 6) is -8.57. The van der Waals surface area contributed by atoms with Crippen molar-refractivity contribution in [1.29, 1.82) is 0 Å². The van der Waals surface area contributed by atoms with Crippen LogP contribution in [-0.2, 0) is 29.1 Å². The molecule has 210 valence electrons. The number of rotatable bonds is 4. The van der Waals surface area contributed by atoms with Crippen molar-refractivity contribution in [2.24, 2.45) is 17.6 Å². The second-order valence-electron chi connectivity index (χ2n) is 11.7. The minimum Gasteiger partial charge on any atom is -0.510 e. The van der Waals surface area contributed by atoms with Gasteiger partial charge in [0.25, 0.3) is 5.91 Å². The lowest BCUT2D eigenvalue weighted by Gasteiger charge is -2.50. The van der Waals surface area contributed by atoms with E-state index < -0.39 is 81.8 Å². The number of phenolic OH excluding ortho intramolecular Hbond substituents is 1. The lowest BCUT2D eigenvalue weighted by atomic mass is 9.58. The maximum absolute atomic E-state index is 15.9. The number of hydrogen-bond acceptors (Lipinski definition) is 9. The lowest BCUT2D eigenvalue weighted by Crippen LogP contribution is -2.63. The Kier molecular flexibility index (Phi) is 5.98. The molecular formula is C27H31F2N3O7. The van der Waals surface area contributed by atoms with Crippen LogP contribution in [0, 0.1) is 17.7 Å². The van der Waals surface area contributed by atoms with E-state index in [4.69, 9.17) is 5.73 Å². The Morgan fingerprint density at radius 2 is 1.77 bits per heavy atom. The number of nitrogens with zero attached hydrogens (tertiary/aromatic N) is 2. The van der Waals surface area contributed by atoms with Crippen LogP contribution in [0.1, 0.15) is 47.3 Å². The first-order chi connectivity index (χ1) is 18.1. The Labute approximate surface area is 223 Å². The monoisotopic (exact) mass is 547 g/mol.